The average molecular weight is 467 g/mol. The van der Waals surface area contributed by atoms with Gasteiger partial charge in [0.15, 0.2) is 6.61 Å². The van der Waals surface area contributed by atoms with Gasteiger partial charge in [-0.3, -0.25) is 14.6 Å². The third kappa shape index (κ3) is 5.03. The van der Waals surface area contributed by atoms with Gasteiger partial charge in [0, 0.05) is 36.6 Å². The van der Waals surface area contributed by atoms with Gasteiger partial charge in [0.2, 0.25) is 5.88 Å². The van der Waals surface area contributed by atoms with E-state index in [9.17, 15) is 23.5 Å². The van der Waals surface area contributed by atoms with Gasteiger partial charge in [-0.2, -0.15) is 0 Å². The van der Waals surface area contributed by atoms with Crippen molar-refractivity contribution < 1.29 is 28.2 Å². The van der Waals surface area contributed by atoms with Crippen LogP contribution in [0.1, 0.15) is 44.9 Å². The van der Waals surface area contributed by atoms with Crippen molar-refractivity contribution in [3.63, 3.8) is 0 Å². The summed E-state index contributed by atoms with van der Waals surface area (Å²) in [6.45, 7) is 4.45. The maximum atomic E-state index is 13.0. The van der Waals surface area contributed by atoms with Crippen LogP contribution in [-0.4, -0.2) is 57.5 Å². The molecule has 0 aromatic carbocycles. The van der Waals surface area contributed by atoms with Crippen LogP contribution in [-0.2, 0) is 6.54 Å². The first-order valence-corrected chi connectivity index (χ1v) is 10.0. The molecule has 1 unspecified atom stereocenters. The van der Waals surface area contributed by atoms with Gasteiger partial charge in [-0.15, -0.1) is 6.58 Å². The fraction of sp³-hybridized carbons (Fsp3) is 0.333. The Bertz CT molecular complexity index is 1040. The Labute approximate surface area is 187 Å². The SMILES string of the molecule is C=C[C@@H](O)CNC(=O)c1nccc2c1CN(C(C)c1cnc(OCC(F)F)c(Cl)c1)C2=O. The average Bonchev–Trinajstić information content (AvgIpc) is 3.12. The molecule has 2 N–H and O–H groups in total. The third-order valence-corrected chi connectivity index (χ3v) is 5.23. The minimum atomic E-state index is -2.66. The van der Waals surface area contributed by atoms with Crippen molar-refractivity contribution in [3.05, 3.63) is 64.6 Å². The molecule has 11 heteroatoms. The van der Waals surface area contributed by atoms with E-state index >= 15 is 0 Å². The summed E-state index contributed by atoms with van der Waals surface area (Å²) in [6, 6.07) is 2.55. The van der Waals surface area contributed by atoms with Crippen molar-refractivity contribution in [1.29, 1.82) is 0 Å². The van der Waals surface area contributed by atoms with E-state index in [1.807, 2.05) is 0 Å². The minimum absolute atomic E-state index is 0.0358. The van der Waals surface area contributed by atoms with Crippen LogP contribution < -0.4 is 10.1 Å². The molecule has 0 saturated carbocycles. The fourth-order valence-corrected chi connectivity index (χ4v) is 3.45. The highest BCUT2D eigenvalue weighted by molar-refractivity contribution is 6.31. The number of carbonyl (C=O) groups excluding carboxylic acids is 2. The second-order valence-electron chi connectivity index (χ2n) is 7.07. The number of amides is 2. The predicted octanol–water partition coefficient (Wildman–Crippen LogP) is 2.77. The predicted molar refractivity (Wildman–Crippen MR) is 112 cm³/mol. The monoisotopic (exact) mass is 466 g/mol. The van der Waals surface area contributed by atoms with Gasteiger partial charge in [0.25, 0.3) is 18.2 Å². The number of fused-ring (bicyclic) bond motifs is 1. The number of rotatable bonds is 9. The normalized spacial score (nSPS) is 14.8. The Kier molecular flexibility index (Phi) is 7.37. The number of halogens is 3. The molecule has 0 bridgehead atoms. The number of hydrogen-bond acceptors (Lipinski definition) is 6. The van der Waals surface area contributed by atoms with Crippen LogP contribution in [0.4, 0.5) is 8.78 Å². The third-order valence-electron chi connectivity index (χ3n) is 4.96. The Hall–Kier alpha value is -3.11. The molecule has 0 spiro atoms. The Morgan fingerprint density at radius 3 is 2.88 bits per heavy atom. The number of aliphatic hydroxyl groups excluding tert-OH is 1. The van der Waals surface area contributed by atoms with Crippen LogP contribution in [0.15, 0.2) is 37.2 Å². The van der Waals surface area contributed by atoms with E-state index in [1.54, 1.807) is 6.92 Å². The van der Waals surface area contributed by atoms with E-state index < -0.39 is 31.1 Å². The molecule has 1 aliphatic heterocycles. The van der Waals surface area contributed by atoms with Crippen LogP contribution in [0.25, 0.3) is 0 Å². The molecule has 0 fully saturated rings. The van der Waals surface area contributed by atoms with Gasteiger partial charge < -0.3 is 20.1 Å². The number of hydrogen-bond donors (Lipinski definition) is 2. The topological polar surface area (TPSA) is 105 Å². The molecule has 2 atom stereocenters. The van der Waals surface area contributed by atoms with Crippen LogP contribution in [0.2, 0.25) is 5.02 Å². The van der Waals surface area contributed by atoms with Crippen molar-refractivity contribution >= 4 is 23.4 Å². The van der Waals surface area contributed by atoms with Crippen LogP contribution in [0, 0.1) is 0 Å². The molecule has 1 aliphatic rings. The first-order chi connectivity index (χ1) is 15.2. The lowest BCUT2D eigenvalue weighted by Gasteiger charge is -2.24. The van der Waals surface area contributed by atoms with Crippen molar-refractivity contribution in [3.8, 4) is 5.88 Å². The summed E-state index contributed by atoms with van der Waals surface area (Å²) in [6.07, 6.45) is 0.498. The molecular weight excluding hydrogens is 446 g/mol. The number of aromatic nitrogens is 2. The molecule has 2 amide bonds. The molecule has 2 aromatic heterocycles. The van der Waals surface area contributed by atoms with Crippen molar-refractivity contribution in [2.24, 2.45) is 0 Å². The standard InChI is InChI=1S/C21H21ClF2N4O4/c1-3-13(29)8-26-19(30)18-15-9-28(21(31)14(15)4-5-25-18)11(2)12-6-16(22)20(27-7-12)32-10-17(23)24/h3-7,11,13,17,29H,1,8-10H2,2H3,(H,26,30)/t11?,13-/m1/s1. The molecule has 0 aliphatic carbocycles. The van der Waals surface area contributed by atoms with E-state index in [0.29, 0.717) is 16.7 Å². The largest absolute Gasteiger partial charge is 0.471 e. The molecule has 170 valence electrons. The summed E-state index contributed by atoms with van der Waals surface area (Å²) >= 11 is 6.10. The van der Waals surface area contributed by atoms with E-state index in [4.69, 9.17) is 16.3 Å². The minimum Gasteiger partial charge on any atom is -0.471 e. The van der Waals surface area contributed by atoms with Gasteiger partial charge in [-0.1, -0.05) is 17.7 Å². The van der Waals surface area contributed by atoms with Crippen LogP contribution in [0.3, 0.4) is 0 Å². The zero-order valence-electron chi connectivity index (χ0n) is 17.1. The molecule has 0 radical (unpaired) electrons. The molecule has 0 saturated heterocycles. The lowest BCUT2D eigenvalue weighted by atomic mass is 10.1. The van der Waals surface area contributed by atoms with Crippen molar-refractivity contribution in [2.75, 3.05) is 13.2 Å². The summed E-state index contributed by atoms with van der Waals surface area (Å²) in [4.78, 5) is 35.1. The second-order valence-corrected chi connectivity index (χ2v) is 7.47. The molecule has 3 rings (SSSR count). The smallest absolute Gasteiger partial charge is 0.272 e. The van der Waals surface area contributed by atoms with Gasteiger partial charge in [-0.05, 0) is 24.6 Å². The first-order valence-electron chi connectivity index (χ1n) is 9.67. The molecule has 2 aromatic rings. The van der Waals surface area contributed by atoms with Gasteiger partial charge in [-0.25, -0.2) is 13.8 Å². The number of ether oxygens (including phenoxy) is 1. The Balaban J connectivity index is 1.78. The van der Waals surface area contributed by atoms with Crippen molar-refractivity contribution in [2.45, 2.75) is 32.0 Å². The number of alkyl halides is 2. The van der Waals surface area contributed by atoms with Crippen LogP contribution in [0.5, 0.6) is 5.88 Å². The van der Waals surface area contributed by atoms with E-state index in [0.717, 1.165) is 0 Å². The fourth-order valence-electron chi connectivity index (χ4n) is 3.22. The van der Waals surface area contributed by atoms with E-state index in [-0.39, 0.29) is 35.6 Å². The van der Waals surface area contributed by atoms with Gasteiger partial charge >= 0.3 is 0 Å². The zero-order valence-corrected chi connectivity index (χ0v) is 17.9. The molecular formula is C21H21ClF2N4O4. The van der Waals surface area contributed by atoms with Crippen LogP contribution >= 0.6 is 11.6 Å². The highest BCUT2D eigenvalue weighted by atomic mass is 35.5. The lowest BCUT2D eigenvalue weighted by molar-refractivity contribution is 0.0712. The number of nitrogens with one attached hydrogen (secondary N) is 1. The van der Waals surface area contributed by atoms with Gasteiger partial charge in [0.05, 0.1) is 12.1 Å². The summed E-state index contributed by atoms with van der Waals surface area (Å²) in [5.74, 6) is -0.941. The Morgan fingerprint density at radius 1 is 1.47 bits per heavy atom. The number of pyridine rings is 2. The van der Waals surface area contributed by atoms with Gasteiger partial charge in [0.1, 0.15) is 10.7 Å². The van der Waals surface area contributed by atoms with E-state index in [1.165, 1.54) is 35.5 Å². The first kappa shape index (κ1) is 23.6. The number of aliphatic hydroxyl groups is 1. The maximum absolute atomic E-state index is 13.0. The zero-order chi connectivity index (χ0) is 23.4. The van der Waals surface area contributed by atoms with E-state index in [2.05, 4.69) is 21.9 Å². The second kappa shape index (κ2) is 10.0. The number of carbonyl (C=O) groups is 2. The highest BCUT2D eigenvalue weighted by Gasteiger charge is 2.35. The highest BCUT2D eigenvalue weighted by Crippen LogP contribution is 2.34. The summed E-state index contributed by atoms with van der Waals surface area (Å²) in [5.41, 5.74) is 1.46. The summed E-state index contributed by atoms with van der Waals surface area (Å²) in [5, 5.41) is 12.2. The molecule has 3 heterocycles. The summed E-state index contributed by atoms with van der Waals surface area (Å²) < 4.78 is 29.6. The maximum Gasteiger partial charge on any atom is 0.272 e. The lowest BCUT2D eigenvalue weighted by Crippen LogP contribution is -2.32. The number of nitrogens with zero attached hydrogens (tertiary/aromatic N) is 3. The summed E-state index contributed by atoms with van der Waals surface area (Å²) in [7, 11) is 0. The quantitative estimate of drug-likeness (QED) is 0.551. The van der Waals surface area contributed by atoms with Crippen molar-refractivity contribution in [1.82, 2.24) is 20.2 Å². The molecule has 32 heavy (non-hydrogen) atoms. The molecule has 8 nitrogen and oxygen atoms in total. The Morgan fingerprint density at radius 2 is 2.22 bits per heavy atom.